The molecule has 6 nitrogen and oxygen atoms in total. The minimum Gasteiger partial charge on any atom is -0.491 e. The standard InChI is InChI=1S/C26H39NO5/c1-21-6-7-22(2)25(18-21)23-8-9-26(24(19-23)20-27(3)4)32-17-16-31-15-14-30-13-12-29-11-10-28-5/h6-9,18-19H,10-17,20H2,1-5H3. The molecule has 6 heteroatoms. The molecule has 0 heterocycles. The quantitative estimate of drug-likeness (QED) is 0.363. The third-order valence-electron chi connectivity index (χ3n) is 4.91. The fourth-order valence-electron chi connectivity index (χ4n) is 3.29. The van der Waals surface area contributed by atoms with E-state index in [1.165, 1.54) is 27.8 Å². The molecule has 0 aliphatic heterocycles. The highest BCUT2D eigenvalue weighted by atomic mass is 16.6. The summed E-state index contributed by atoms with van der Waals surface area (Å²) < 4.78 is 27.4. The molecule has 0 N–H and O–H groups in total. The Morgan fingerprint density at radius 1 is 0.719 bits per heavy atom. The van der Waals surface area contributed by atoms with E-state index >= 15 is 0 Å². The van der Waals surface area contributed by atoms with Crippen molar-refractivity contribution in [2.45, 2.75) is 20.4 Å². The molecule has 2 aromatic rings. The molecule has 0 spiro atoms. The van der Waals surface area contributed by atoms with Crippen LogP contribution in [0.4, 0.5) is 0 Å². The Bertz CT molecular complexity index is 794. The highest BCUT2D eigenvalue weighted by Crippen LogP contribution is 2.30. The molecule has 0 saturated heterocycles. The van der Waals surface area contributed by atoms with Gasteiger partial charge in [0.1, 0.15) is 12.4 Å². The van der Waals surface area contributed by atoms with Gasteiger partial charge in [-0.3, -0.25) is 0 Å². The summed E-state index contributed by atoms with van der Waals surface area (Å²) in [5, 5.41) is 0. The molecule has 0 fully saturated rings. The van der Waals surface area contributed by atoms with Crippen LogP contribution in [-0.4, -0.2) is 79.0 Å². The molecule has 0 aliphatic carbocycles. The second-order valence-corrected chi connectivity index (χ2v) is 8.06. The highest BCUT2D eigenvalue weighted by molar-refractivity contribution is 5.69. The number of rotatable bonds is 16. The lowest BCUT2D eigenvalue weighted by atomic mass is 9.96. The Kier molecular flexibility index (Phi) is 12.3. The minimum atomic E-state index is 0.503. The van der Waals surface area contributed by atoms with E-state index < -0.39 is 0 Å². The predicted octanol–water partition coefficient (Wildman–Crippen LogP) is 4.11. The van der Waals surface area contributed by atoms with Crippen LogP contribution in [0, 0.1) is 13.8 Å². The maximum Gasteiger partial charge on any atom is 0.123 e. The lowest BCUT2D eigenvalue weighted by molar-refractivity contribution is 0.000118. The Morgan fingerprint density at radius 3 is 1.97 bits per heavy atom. The van der Waals surface area contributed by atoms with Crippen LogP contribution in [0.25, 0.3) is 11.1 Å². The van der Waals surface area contributed by atoms with E-state index in [9.17, 15) is 0 Å². The van der Waals surface area contributed by atoms with Gasteiger partial charge in [-0.1, -0.05) is 29.8 Å². The number of ether oxygens (including phenoxy) is 5. The van der Waals surface area contributed by atoms with E-state index in [1.807, 2.05) is 0 Å². The summed E-state index contributed by atoms with van der Waals surface area (Å²) in [6.45, 7) is 9.53. The zero-order chi connectivity index (χ0) is 23.2. The summed E-state index contributed by atoms with van der Waals surface area (Å²) >= 11 is 0. The number of benzene rings is 2. The van der Waals surface area contributed by atoms with E-state index in [2.05, 4.69) is 69.2 Å². The Balaban J connectivity index is 1.78. The van der Waals surface area contributed by atoms with Crippen LogP contribution in [0.2, 0.25) is 0 Å². The number of aryl methyl sites for hydroxylation is 2. The zero-order valence-electron chi connectivity index (χ0n) is 20.3. The Labute approximate surface area is 193 Å². The van der Waals surface area contributed by atoms with Crippen molar-refractivity contribution in [3.05, 3.63) is 53.1 Å². The van der Waals surface area contributed by atoms with Crippen LogP contribution < -0.4 is 4.74 Å². The maximum absolute atomic E-state index is 6.04. The number of hydrogen-bond acceptors (Lipinski definition) is 6. The van der Waals surface area contributed by atoms with Gasteiger partial charge in [-0.25, -0.2) is 0 Å². The van der Waals surface area contributed by atoms with Crippen LogP contribution in [-0.2, 0) is 25.5 Å². The van der Waals surface area contributed by atoms with Crippen LogP contribution in [0.1, 0.15) is 16.7 Å². The Hall–Kier alpha value is -1.96. The SMILES string of the molecule is COCCOCCOCCOCCOc1ccc(-c2cc(C)ccc2C)cc1CN(C)C. The second kappa shape index (κ2) is 15.0. The van der Waals surface area contributed by atoms with Gasteiger partial charge in [0.25, 0.3) is 0 Å². The molecular formula is C26H39NO5. The molecular weight excluding hydrogens is 406 g/mol. The largest absolute Gasteiger partial charge is 0.491 e. The highest BCUT2D eigenvalue weighted by Gasteiger charge is 2.10. The molecule has 2 rings (SSSR count). The van der Waals surface area contributed by atoms with E-state index in [4.69, 9.17) is 23.7 Å². The van der Waals surface area contributed by atoms with Crippen LogP contribution in [0.5, 0.6) is 5.75 Å². The number of nitrogens with zero attached hydrogens (tertiary/aromatic N) is 1. The smallest absolute Gasteiger partial charge is 0.123 e. The average Bonchev–Trinajstić information content (AvgIpc) is 2.76. The zero-order valence-corrected chi connectivity index (χ0v) is 20.3. The van der Waals surface area contributed by atoms with E-state index in [1.54, 1.807) is 7.11 Å². The lowest BCUT2D eigenvalue weighted by Gasteiger charge is -2.17. The van der Waals surface area contributed by atoms with Crippen molar-refractivity contribution in [2.24, 2.45) is 0 Å². The molecule has 0 saturated carbocycles. The topological polar surface area (TPSA) is 49.4 Å². The maximum atomic E-state index is 6.04. The normalized spacial score (nSPS) is 11.3. The summed E-state index contributed by atoms with van der Waals surface area (Å²) in [5.74, 6) is 0.904. The molecule has 0 aliphatic rings. The van der Waals surface area contributed by atoms with Crippen LogP contribution in [0.15, 0.2) is 36.4 Å². The van der Waals surface area contributed by atoms with E-state index in [0.29, 0.717) is 52.9 Å². The van der Waals surface area contributed by atoms with Crippen molar-refractivity contribution in [2.75, 3.05) is 74.1 Å². The Morgan fingerprint density at radius 2 is 1.34 bits per heavy atom. The van der Waals surface area contributed by atoms with Gasteiger partial charge in [-0.15, -0.1) is 0 Å². The molecule has 178 valence electrons. The monoisotopic (exact) mass is 445 g/mol. The first-order valence-corrected chi connectivity index (χ1v) is 11.2. The molecule has 2 aromatic carbocycles. The molecule has 0 radical (unpaired) electrons. The lowest BCUT2D eigenvalue weighted by Crippen LogP contribution is -2.15. The van der Waals surface area contributed by atoms with Gasteiger partial charge in [-0.2, -0.15) is 0 Å². The van der Waals surface area contributed by atoms with Gasteiger partial charge in [0.2, 0.25) is 0 Å². The van der Waals surface area contributed by atoms with Gasteiger partial charge in [0.15, 0.2) is 0 Å². The first kappa shape index (κ1) is 26.3. The van der Waals surface area contributed by atoms with Crippen molar-refractivity contribution in [3.63, 3.8) is 0 Å². The fourth-order valence-corrected chi connectivity index (χ4v) is 3.29. The molecule has 0 aromatic heterocycles. The van der Waals surface area contributed by atoms with Gasteiger partial charge < -0.3 is 28.6 Å². The van der Waals surface area contributed by atoms with E-state index in [0.717, 1.165) is 12.3 Å². The van der Waals surface area contributed by atoms with Crippen molar-refractivity contribution in [1.82, 2.24) is 4.90 Å². The molecule has 0 amide bonds. The predicted molar refractivity (Wildman–Crippen MR) is 129 cm³/mol. The summed E-state index contributed by atoms with van der Waals surface area (Å²) in [5.41, 5.74) is 6.20. The van der Waals surface area contributed by atoms with Gasteiger partial charge in [-0.05, 0) is 56.8 Å². The minimum absolute atomic E-state index is 0.503. The third-order valence-corrected chi connectivity index (χ3v) is 4.91. The van der Waals surface area contributed by atoms with Gasteiger partial charge >= 0.3 is 0 Å². The van der Waals surface area contributed by atoms with Crippen LogP contribution in [0.3, 0.4) is 0 Å². The summed E-state index contributed by atoms with van der Waals surface area (Å²) in [6.07, 6.45) is 0. The summed E-state index contributed by atoms with van der Waals surface area (Å²) in [6, 6.07) is 13.0. The van der Waals surface area contributed by atoms with Crippen molar-refractivity contribution in [1.29, 1.82) is 0 Å². The first-order chi connectivity index (χ1) is 15.5. The van der Waals surface area contributed by atoms with Crippen LogP contribution >= 0.6 is 0 Å². The summed E-state index contributed by atoms with van der Waals surface area (Å²) in [4.78, 5) is 2.15. The number of hydrogen-bond donors (Lipinski definition) is 0. The van der Waals surface area contributed by atoms with E-state index in [-0.39, 0.29) is 0 Å². The number of methoxy groups -OCH3 is 1. The average molecular weight is 446 g/mol. The third kappa shape index (κ3) is 9.67. The molecule has 0 bridgehead atoms. The van der Waals surface area contributed by atoms with Gasteiger partial charge in [0, 0.05) is 19.2 Å². The second-order valence-electron chi connectivity index (χ2n) is 8.06. The molecule has 32 heavy (non-hydrogen) atoms. The first-order valence-electron chi connectivity index (χ1n) is 11.2. The molecule has 0 unspecified atom stereocenters. The molecule has 0 atom stereocenters. The summed E-state index contributed by atoms with van der Waals surface area (Å²) in [7, 11) is 5.80. The van der Waals surface area contributed by atoms with Crippen molar-refractivity contribution < 1.29 is 23.7 Å². The van der Waals surface area contributed by atoms with Gasteiger partial charge in [0.05, 0.1) is 46.2 Å². The van der Waals surface area contributed by atoms with Crippen molar-refractivity contribution >= 4 is 0 Å². The van der Waals surface area contributed by atoms with Crippen molar-refractivity contribution in [3.8, 4) is 16.9 Å². The fraction of sp³-hybridized carbons (Fsp3) is 0.538.